The van der Waals surface area contributed by atoms with E-state index < -0.39 is 19.9 Å². The van der Waals surface area contributed by atoms with Gasteiger partial charge in [-0.1, -0.05) is 33.8 Å². The normalized spacial score (nSPS) is 21.7. The third-order valence-corrected chi connectivity index (χ3v) is 11.3. The molecule has 160 valence electrons. The van der Waals surface area contributed by atoms with Crippen LogP contribution in [0.25, 0.3) is 0 Å². The minimum atomic E-state index is -1.95. The van der Waals surface area contributed by atoms with E-state index in [1.165, 1.54) is 0 Å². The van der Waals surface area contributed by atoms with Crippen LogP contribution >= 0.6 is 0 Å². The van der Waals surface area contributed by atoms with Crippen molar-refractivity contribution in [1.82, 2.24) is 9.80 Å². The Kier molecular flexibility index (Phi) is 5.39. The molecule has 3 rings (SSSR count). The van der Waals surface area contributed by atoms with Gasteiger partial charge in [-0.2, -0.15) is 0 Å². The molecule has 5 nitrogen and oxygen atoms in total. The zero-order chi connectivity index (χ0) is 21.8. The Morgan fingerprint density at radius 2 is 1.86 bits per heavy atom. The van der Waals surface area contributed by atoms with Crippen LogP contribution in [0.2, 0.25) is 18.1 Å². The summed E-state index contributed by atoms with van der Waals surface area (Å²) in [6, 6.07) is 5.80. The highest BCUT2D eigenvalue weighted by molar-refractivity contribution is 6.74. The van der Waals surface area contributed by atoms with E-state index in [1.54, 1.807) is 4.90 Å². The number of carbonyl (C=O) groups is 2. The summed E-state index contributed by atoms with van der Waals surface area (Å²) in [5.41, 5.74) is 1.71. The number of carbonyl (C=O) groups excluding carboxylic acids is 2. The van der Waals surface area contributed by atoms with Gasteiger partial charge in [0, 0.05) is 13.0 Å². The van der Waals surface area contributed by atoms with E-state index >= 15 is 0 Å². The molecule has 29 heavy (non-hydrogen) atoms. The fraction of sp³-hybridized carbons (Fsp3) is 0.652. The van der Waals surface area contributed by atoms with Crippen LogP contribution in [0.5, 0.6) is 5.75 Å². The number of fused-ring (bicyclic) bond motifs is 2. The summed E-state index contributed by atoms with van der Waals surface area (Å²) in [5.74, 6) is 0.987. The number of benzene rings is 1. The van der Waals surface area contributed by atoms with E-state index in [0.29, 0.717) is 13.0 Å². The maximum atomic E-state index is 13.1. The second-order valence-corrected chi connectivity index (χ2v) is 15.2. The largest absolute Gasteiger partial charge is 0.543 e. The Hall–Kier alpha value is -1.82. The Balaban J connectivity index is 1.98. The van der Waals surface area contributed by atoms with E-state index in [4.69, 9.17) is 4.43 Å². The van der Waals surface area contributed by atoms with Crippen LogP contribution in [0, 0.1) is 0 Å². The Morgan fingerprint density at radius 3 is 2.45 bits per heavy atom. The molecule has 0 radical (unpaired) electrons. The molecule has 2 aliphatic heterocycles. The van der Waals surface area contributed by atoms with E-state index in [-0.39, 0.29) is 23.4 Å². The lowest BCUT2D eigenvalue weighted by molar-refractivity contribution is -0.163. The van der Waals surface area contributed by atoms with Crippen LogP contribution in [0.1, 0.15) is 59.1 Å². The maximum absolute atomic E-state index is 13.1. The third kappa shape index (κ3) is 3.72. The van der Waals surface area contributed by atoms with Crippen molar-refractivity contribution in [2.24, 2.45) is 0 Å². The molecule has 2 aliphatic rings. The van der Waals surface area contributed by atoms with E-state index in [0.717, 1.165) is 23.3 Å². The fourth-order valence-electron chi connectivity index (χ4n) is 4.34. The van der Waals surface area contributed by atoms with Crippen molar-refractivity contribution in [3.8, 4) is 5.75 Å². The van der Waals surface area contributed by atoms with E-state index in [2.05, 4.69) is 46.0 Å². The van der Waals surface area contributed by atoms with Gasteiger partial charge in [0.25, 0.3) is 0 Å². The number of hydrogen-bond donors (Lipinski definition) is 0. The number of hydrogen-bond acceptors (Lipinski definition) is 3. The third-order valence-electron chi connectivity index (χ3n) is 6.93. The van der Waals surface area contributed by atoms with Gasteiger partial charge in [-0.15, -0.1) is 0 Å². The van der Waals surface area contributed by atoms with Gasteiger partial charge in [-0.05, 0) is 61.7 Å². The van der Waals surface area contributed by atoms with Crippen molar-refractivity contribution < 1.29 is 14.0 Å². The van der Waals surface area contributed by atoms with Crippen LogP contribution in [-0.4, -0.2) is 49.1 Å². The van der Waals surface area contributed by atoms with Crippen molar-refractivity contribution in [2.45, 2.75) is 84.1 Å². The van der Waals surface area contributed by atoms with Gasteiger partial charge in [0.15, 0.2) is 0 Å². The minimum absolute atomic E-state index is 0.0419. The molecule has 0 bridgehead atoms. The highest BCUT2D eigenvalue weighted by Gasteiger charge is 2.50. The summed E-state index contributed by atoms with van der Waals surface area (Å²) < 4.78 is 6.51. The molecule has 0 aromatic heterocycles. The molecule has 0 aliphatic carbocycles. The molecule has 2 heterocycles. The highest BCUT2D eigenvalue weighted by atomic mass is 28.4. The predicted molar refractivity (Wildman–Crippen MR) is 119 cm³/mol. The maximum Gasteiger partial charge on any atom is 0.250 e. The van der Waals surface area contributed by atoms with Crippen LogP contribution in [-0.2, 0) is 21.5 Å². The van der Waals surface area contributed by atoms with Gasteiger partial charge < -0.3 is 14.2 Å². The second-order valence-electron chi connectivity index (χ2n) is 10.5. The smallest absolute Gasteiger partial charge is 0.250 e. The molecule has 1 atom stereocenters. The van der Waals surface area contributed by atoms with Crippen molar-refractivity contribution in [1.29, 1.82) is 0 Å². The zero-order valence-electron chi connectivity index (χ0n) is 19.3. The molecule has 1 unspecified atom stereocenters. The van der Waals surface area contributed by atoms with Gasteiger partial charge in [0.2, 0.25) is 20.1 Å². The lowest BCUT2D eigenvalue weighted by Gasteiger charge is -2.52. The zero-order valence-corrected chi connectivity index (χ0v) is 20.3. The first-order chi connectivity index (χ1) is 13.3. The Bertz CT molecular complexity index is 826. The molecule has 0 spiro atoms. The molecule has 1 aromatic rings. The summed E-state index contributed by atoms with van der Waals surface area (Å²) >= 11 is 0. The summed E-state index contributed by atoms with van der Waals surface area (Å²) in [6.45, 7) is 18.1. The number of rotatable bonds is 4. The minimum Gasteiger partial charge on any atom is -0.543 e. The van der Waals surface area contributed by atoms with Gasteiger partial charge in [-0.3, -0.25) is 9.59 Å². The number of nitrogens with zero attached hydrogens (tertiary/aromatic N) is 2. The SMILES string of the molecule is CCCN1CC(=O)N2C(Cc3cc(O[Si](C)(C)C(C)(C)C)ccc3C2(C)C)C1=O. The first-order valence-electron chi connectivity index (χ1n) is 10.7. The lowest BCUT2D eigenvalue weighted by Crippen LogP contribution is -2.67. The quantitative estimate of drug-likeness (QED) is 0.687. The fourth-order valence-corrected chi connectivity index (χ4v) is 5.36. The number of amides is 2. The van der Waals surface area contributed by atoms with Gasteiger partial charge in [0.05, 0.1) is 12.1 Å². The monoisotopic (exact) mass is 416 g/mol. The van der Waals surface area contributed by atoms with Crippen molar-refractivity contribution in [3.63, 3.8) is 0 Å². The molecule has 1 fully saturated rings. The van der Waals surface area contributed by atoms with Crippen LogP contribution in [0.3, 0.4) is 0 Å². The first kappa shape index (κ1) is 21.9. The predicted octanol–water partition coefficient (Wildman–Crippen LogP) is 4.31. The Morgan fingerprint density at radius 1 is 1.21 bits per heavy atom. The van der Waals surface area contributed by atoms with Crippen molar-refractivity contribution in [3.05, 3.63) is 29.3 Å². The molecule has 2 amide bonds. The van der Waals surface area contributed by atoms with E-state index in [1.807, 2.05) is 31.7 Å². The Labute approximate surface area is 176 Å². The summed E-state index contributed by atoms with van der Waals surface area (Å²) in [5, 5.41) is 0.116. The average molecular weight is 417 g/mol. The van der Waals surface area contributed by atoms with Crippen LogP contribution in [0.4, 0.5) is 0 Å². The number of piperazine rings is 1. The molecule has 1 saturated heterocycles. The molecular formula is C23H36N2O3Si. The van der Waals surface area contributed by atoms with E-state index in [9.17, 15) is 9.59 Å². The lowest BCUT2D eigenvalue weighted by atomic mass is 9.78. The van der Waals surface area contributed by atoms with Crippen molar-refractivity contribution in [2.75, 3.05) is 13.1 Å². The molecule has 1 aromatic carbocycles. The van der Waals surface area contributed by atoms with Gasteiger partial charge in [0.1, 0.15) is 11.8 Å². The van der Waals surface area contributed by atoms with Gasteiger partial charge in [-0.25, -0.2) is 0 Å². The van der Waals surface area contributed by atoms with Crippen molar-refractivity contribution >= 4 is 20.1 Å². The average Bonchev–Trinajstić information content (AvgIpc) is 2.57. The second kappa shape index (κ2) is 7.15. The van der Waals surface area contributed by atoms with Crippen LogP contribution in [0.15, 0.2) is 18.2 Å². The molecular weight excluding hydrogens is 380 g/mol. The molecule has 0 N–H and O–H groups in total. The summed E-state index contributed by atoms with van der Waals surface area (Å²) in [4.78, 5) is 29.6. The molecule has 6 heteroatoms. The first-order valence-corrected chi connectivity index (χ1v) is 13.6. The summed E-state index contributed by atoms with van der Waals surface area (Å²) in [7, 11) is -1.95. The molecule has 0 saturated carbocycles. The van der Waals surface area contributed by atoms with Gasteiger partial charge >= 0.3 is 0 Å². The standard InChI is InChI=1S/C23H36N2O3Si/c1-9-12-24-15-20(26)25-19(21(24)27)14-16-13-17(10-11-18(16)23(25,5)6)28-29(7,8)22(2,3)4/h10-11,13,19H,9,12,14-15H2,1-8H3. The van der Waals surface area contributed by atoms with Crippen LogP contribution < -0.4 is 4.43 Å². The summed E-state index contributed by atoms with van der Waals surface area (Å²) in [6.07, 6.45) is 1.41. The topological polar surface area (TPSA) is 49.9 Å². The highest BCUT2D eigenvalue weighted by Crippen LogP contribution is 2.43.